The molecule has 3 aromatic rings. The number of rotatable bonds is 11. The van der Waals surface area contributed by atoms with Crippen molar-refractivity contribution in [3.05, 3.63) is 54.5 Å². The highest BCUT2D eigenvalue weighted by Gasteiger charge is 2.57. The van der Waals surface area contributed by atoms with E-state index < -0.39 is 37.1 Å². The normalized spacial score (nSPS) is 25.5. The zero-order valence-corrected chi connectivity index (χ0v) is 23.1. The Bertz CT molecular complexity index is 1350. The van der Waals surface area contributed by atoms with E-state index in [1.807, 2.05) is 0 Å². The Kier molecular flexibility index (Phi) is 8.31. The number of aliphatic hydroxyl groups excluding tert-OH is 1. The predicted molar refractivity (Wildman–Crippen MR) is 141 cm³/mol. The molecule has 1 aliphatic heterocycles. The lowest BCUT2D eigenvalue weighted by Gasteiger charge is -2.32. The average molecular weight is 564 g/mol. The van der Waals surface area contributed by atoms with Crippen LogP contribution < -0.4 is 15.3 Å². The van der Waals surface area contributed by atoms with E-state index in [0.29, 0.717) is 5.52 Å². The first-order chi connectivity index (χ1) is 18.4. The molecule has 4 rings (SSSR count). The van der Waals surface area contributed by atoms with Crippen molar-refractivity contribution in [3.8, 4) is 5.75 Å². The van der Waals surface area contributed by atoms with Crippen LogP contribution >= 0.6 is 7.75 Å². The molecule has 212 valence electrons. The Morgan fingerprint density at radius 2 is 2.00 bits per heavy atom. The van der Waals surface area contributed by atoms with Crippen LogP contribution in [0.4, 0.5) is 5.82 Å². The highest BCUT2D eigenvalue weighted by molar-refractivity contribution is 7.52. The lowest BCUT2D eigenvalue weighted by Crippen LogP contribution is -2.48. The van der Waals surface area contributed by atoms with Gasteiger partial charge in [-0.2, -0.15) is 10.2 Å². The van der Waals surface area contributed by atoms with Gasteiger partial charge in [0, 0.05) is 6.42 Å². The number of aliphatic hydroxyl groups is 2. The first-order valence-electron chi connectivity index (χ1n) is 12.5. The number of benzene rings is 1. The van der Waals surface area contributed by atoms with Gasteiger partial charge in [0.2, 0.25) is 0 Å². The summed E-state index contributed by atoms with van der Waals surface area (Å²) in [6, 6.07) is 10.6. The molecular formula is C25H34N5O8P. The lowest BCUT2D eigenvalue weighted by atomic mass is 9.84. The summed E-state index contributed by atoms with van der Waals surface area (Å²) in [6.07, 6.45) is -0.506. The smallest absolute Gasteiger partial charge is 0.459 e. The van der Waals surface area contributed by atoms with Crippen molar-refractivity contribution in [2.24, 2.45) is 0 Å². The molecule has 13 nitrogen and oxygen atoms in total. The van der Waals surface area contributed by atoms with Crippen molar-refractivity contribution in [2.75, 3.05) is 18.9 Å². The minimum Gasteiger partial charge on any atom is -0.462 e. The second kappa shape index (κ2) is 11.2. The van der Waals surface area contributed by atoms with Crippen molar-refractivity contribution in [2.45, 2.75) is 63.6 Å². The Morgan fingerprint density at radius 1 is 1.28 bits per heavy atom. The van der Waals surface area contributed by atoms with E-state index in [9.17, 15) is 19.6 Å². The first-order valence-corrected chi connectivity index (χ1v) is 14.0. The van der Waals surface area contributed by atoms with Crippen LogP contribution in [0.5, 0.6) is 5.75 Å². The second-order valence-electron chi connectivity index (χ2n) is 9.91. The highest BCUT2D eigenvalue weighted by atomic mass is 31.2. The Morgan fingerprint density at radius 3 is 2.69 bits per heavy atom. The van der Waals surface area contributed by atoms with Gasteiger partial charge >= 0.3 is 13.7 Å². The molecule has 0 spiro atoms. The van der Waals surface area contributed by atoms with Crippen molar-refractivity contribution in [1.29, 1.82) is 0 Å². The number of hydrogen-bond donors (Lipinski definition) is 4. The van der Waals surface area contributed by atoms with Crippen molar-refractivity contribution < 1.29 is 38.1 Å². The van der Waals surface area contributed by atoms with Crippen LogP contribution in [-0.2, 0) is 29.0 Å². The molecule has 39 heavy (non-hydrogen) atoms. The molecule has 0 aliphatic carbocycles. The molecule has 1 fully saturated rings. The molecule has 5 atom stereocenters. The van der Waals surface area contributed by atoms with Crippen LogP contribution in [0.1, 0.15) is 39.8 Å². The molecular weight excluding hydrogens is 529 g/mol. The van der Waals surface area contributed by atoms with Crippen molar-refractivity contribution in [1.82, 2.24) is 19.7 Å². The SMILES string of the molecule is CC(C)OC(=O)[C@H](C)N[P@](=O)(OCC[C@@]1(C)OC[C@](O)(c2ccc3c(N)ncnn23)[C@@H]1O)Oc1ccccc1. The number of para-hydroxylation sites is 1. The van der Waals surface area contributed by atoms with Crippen LogP contribution in [0.25, 0.3) is 5.52 Å². The Labute approximate surface area is 225 Å². The predicted octanol–water partition coefficient (Wildman–Crippen LogP) is 2.17. The maximum absolute atomic E-state index is 13.7. The second-order valence-corrected chi connectivity index (χ2v) is 11.6. The standard InChI is InChI=1S/C25H34N5O8P/c1-16(2)37-22(31)17(3)29-39(34,38-18-8-6-5-7-9-18)36-13-12-24(4)23(32)25(33,14-35-24)20-11-10-19-21(26)27-15-28-30(19)20/h5-11,15-17,23,32-33H,12-14H2,1-4H3,(H,29,34)(H2,26,27,28)/t17-,23+,24+,25-,39-/m0/s1. The van der Waals surface area contributed by atoms with Crippen LogP contribution in [0.3, 0.4) is 0 Å². The van der Waals surface area contributed by atoms with Gasteiger partial charge in [0.25, 0.3) is 0 Å². The number of ether oxygens (including phenoxy) is 2. The zero-order valence-electron chi connectivity index (χ0n) is 22.2. The molecule has 1 aliphatic rings. The largest absolute Gasteiger partial charge is 0.462 e. The monoisotopic (exact) mass is 563 g/mol. The van der Waals surface area contributed by atoms with Gasteiger partial charge < -0.3 is 29.9 Å². The number of nitrogens with one attached hydrogen (secondary N) is 1. The number of fused-ring (bicyclic) bond motifs is 1. The molecule has 1 saturated heterocycles. The molecule has 0 unspecified atom stereocenters. The summed E-state index contributed by atoms with van der Waals surface area (Å²) in [5.74, 6) is -0.143. The van der Waals surface area contributed by atoms with Gasteiger partial charge in [-0.1, -0.05) is 18.2 Å². The summed E-state index contributed by atoms with van der Waals surface area (Å²) < 4.78 is 37.5. The van der Waals surface area contributed by atoms with Gasteiger partial charge in [-0.15, -0.1) is 0 Å². The van der Waals surface area contributed by atoms with Gasteiger partial charge in [-0.05, 0) is 52.0 Å². The third-order valence-corrected chi connectivity index (χ3v) is 8.14. The number of nitrogen functional groups attached to an aromatic ring is 1. The van der Waals surface area contributed by atoms with Gasteiger partial charge in [0.15, 0.2) is 11.4 Å². The van der Waals surface area contributed by atoms with Crippen LogP contribution in [0.15, 0.2) is 48.8 Å². The van der Waals surface area contributed by atoms with Crippen molar-refractivity contribution in [3.63, 3.8) is 0 Å². The van der Waals surface area contributed by atoms with Gasteiger partial charge in [0.05, 0.1) is 30.6 Å². The van der Waals surface area contributed by atoms with Gasteiger partial charge in [-0.25, -0.2) is 14.1 Å². The van der Waals surface area contributed by atoms with E-state index in [1.165, 1.54) is 17.8 Å². The molecule has 14 heteroatoms. The maximum Gasteiger partial charge on any atom is 0.459 e. The van der Waals surface area contributed by atoms with E-state index in [2.05, 4.69) is 15.2 Å². The van der Waals surface area contributed by atoms with Gasteiger partial charge in [0.1, 0.15) is 29.7 Å². The van der Waals surface area contributed by atoms with E-state index in [1.54, 1.807) is 63.2 Å². The summed E-state index contributed by atoms with van der Waals surface area (Å²) >= 11 is 0. The number of carbonyl (C=O) groups excluding carboxylic acids is 1. The van der Waals surface area contributed by atoms with Crippen LogP contribution in [-0.4, -0.2) is 67.8 Å². The Balaban J connectivity index is 1.48. The number of carbonyl (C=O) groups is 1. The molecule has 0 amide bonds. The molecule has 5 N–H and O–H groups in total. The summed E-state index contributed by atoms with van der Waals surface area (Å²) in [5.41, 5.74) is 3.54. The van der Waals surface area contributed by atoms with Crippen molar-refractivity contribution >= 4 is 25.1 Å². The van der Waals surface area contributed by atoms with E-state index in [0.717, 1.165) is 0 Å². The summed E-state index contributed by atoms with van der Waals surface area (Å²) in [6.45, 7) is 6.05. The molecule has 0 radical (unpaired) electrons. The topological polar surface area (TPSA) is 180 Å². The fraction of sp³-hybridized carbons (Fsp3) is 0.480. The third kappa shape index (κ3) is 6.08. The Hall–Kier alpha value is -3.06. The molecule has 3 heterocycles. The van der Waals surface area contributed by atoms with E-state index >= 15 is 0 Å². The maximum atomic E-state index is 13.7. The van der Waals surface area contributed by atoms with Crippen LogP contribution in [0, 0.1) is 0 Å². The number of nitrogens with zero attached hydrogens (tertiary/aromatic N) is 3. The quantitative estimate of drug-likeness (QED) is 0.198. The van der Waals surface area contributed by atoms with Crippen LogP contribution in [0.2, 0.25) is 0 Å². The third-order valence-electron chi connectivity index (χ3n) is 6.46. The minimum atomic E-state index is -4.10. The minimum absolute atomic E-state index is 0.0194. The molecule has 0 bridgehead atoms. The molecule has 0 saturated carbocycles. The first kappa shape index (κ1) is 28.9. The summed E-state index contributed by atoms with van der Waals surface area (Å²) in [7, 11) is -4.10. The number of esters is 1. The number of anilines is 1. The number of nitrogens with two attached hydrogens (primary N) is 1. The molecule has 1 aromatic carbocycles. The summed E-state index contributed by atoms with van der Waals surface area (Å²) in [4.78, 5) is 16.3. The number of hydrogen-bond acceptors (Lipinski definition) is 11. The average Bonchev–Trinajstić information content (AvgIpc) is 3.41. The molecule has 2 aromatic heterocycles. The highest BCUT2D eigenvalue weighted by Crippen LogP contribution is 2.47. The van der Waals surface area contributed by atoms with E-state index in [-0.39, 0.29) is 43.0 Å². The lowest BCUT2D eigenvalue weighted by molar-refractivity contribution is -0.149. The van der Waals surface area contributed by atoms with Gasteiger partial charge in [-0.3, -0.25) is 9.32 Å². The number of aromatic nitrogens is 3. The summed E-state index contributed by atoms with van der Waals surface area (Å²) in [5, 5.41) is 29.5. The fourth-order valence-corrected chi connectivity index (χ4v) is 5.83. The van der Waals surface area contributed by atoms with E-state index in [4.69, 9.17) is 24.3 Å². The fourth-order valence-electron chi connectivity index (χ4n) is 4.34. The zero-order chi connectivity index (χ0) is 28.4.